The molecular weight excluding hydrogens is 477 g/mol. The van der Waals surface area contributed by atoms with Gasteiger partial charge in [-0.3, -0.25) is 9.62 Å². The smallest absolute Gasteiger partial charge is 0.409 e. The molecular formula is C17H17ClFN3O7S2. The molecule has 1 heterocycles. The molecule has 2 N–H and O–H groups in total. The van der Waals surface area contributed by atoms with Crippen molar-refractivity contribution in [3.05, 3.63) is 48.3 Å². The van der Waals surface area contributed by atoms with Gasteiger partial charge in [0.05, 0.1) is 29.9 Å². The van der Waals surface area contributed by atoms with Crippen LogP contribution in [-0.2, 0) is 20.0 Å². The number of nitrogens with one attached hydrogen (secondary N) is 1. The van der Waals surface area contributed by atoms with Crippen molar-refractivity contribution in [1.82, 2.24) is 3.82 Å². The zero-order valence-corrected chi connectivity index (χ0v) is 18.3. The third-order valence-electron chi connectivity index (χ3n) is 4.25. The topological polar surface area (TPSA) is 133 Å². The van der Waals surface area contributed by atoms with E-state index in [0.29, 0.717) is 3.82 Å². The molecule has 31 heavy (non-hydrogen) atoms. The standard InChI is InChI=1S/C17H17ClFN3O7S2/c1-30(25,26)22(18)10-13-9-21(31(27,28)14-5-2-11(19)3-6-14)15-8-12(20-17(23)24)4-7-16(15)29-13/h2-8,13,20H,9-10H2,1H3,(H,23,24). The van der Waals surface area contributed by atoms with E-state index in [4.69, 9.17) is 21.6 Å². The van der Waals surface area contributed by atoms with Crippen molar-refractivity contribution in [3.8, 4) is 5.75 Å². The highest BCUT2D eigenvalue weighted by Crippen LogP contribution is 2.39. The van der Waals surface area contributed by atoms with Crippen molar-refractivity contribution < 1.29 is 35.9 Å². The summed E-state index contributed by atoms with van der Waals surface area (Å²) in [7, 11) is -8.02. The van der Waals surface area contributed by atoms with E-state index in [1.807, 2.05) is 0 Å². The zero-order chi connectivity index (χ0) is 23.0. The number of carbonyl (C=O) groups is 1. The summed E-state index contributed by atoms with van der Waals surface area (Å²) in [6, 6.07) is 8.09. The lowest BCUT2D eigenvalue weighted by molar-refractivity contribution is 0.188. The van der Waals surface area contributed by atoms with Crippen LogP contribution in [0.25, 0.3) is 0 Å². The molecule has 2 aromatic carbocycles. The average Bonchev–Trinajstić information content (AvgIpc) is 2.66. The lowest BCUT2D eigenvalue weighted by atomic mass is 10.2. The summed E-state index contributed by atoms with van der Waals surface area (Å²) in [5.74, 6) is -0.561. The van der Waals surface area contributed by atoms with Crippen molar-refractivity contribution in [2.75, 3.05) is 29.0 Å². The first kappa shape index (κ1) is 23.1. The molecule has 2 aromatic rings. The van der Waals surface area contributed by atoms with Crippen LogP contribution in [0.2, 0.25) is 0 Å². The second kappa shape index (κ2) is 8.49. The summed E-state index contributed by atoms with van der Waals surface area (Å²) in [4.78, 5) is 10.7. The van der Waals surface area contributed by atoms with E-state index in [2.05, 4.69) is 5.32 Å². The second-order valence-electron chi connectivity index (χ2n) is 6.58. The van der Waals surface area contributed by atoms with Gasteiger partial charge in [-0.2, -0.15) is 0 Å². The van der Waals surface area contributed by atoms with Gasteiger partial charge in [0.1, 0.15) is 17.7 Å². The molecule has 1 aliphatic rings. The number of ether oxygens (including phenoxy) is 1. The van der Waals surface area contributed by atoms with Crippen molar-refractivity contribution in [2.24, 2.45) is 0 Å². The van der Waals surface area contributed by atoms with Crippen LogP contribution in [0, 0.1) is 5.82 Å². The summed E-state index contributed by atoms with van der Waals surface area (Å²) >= 11 is 5.78. The Balaban J connectivity index is 2.06. The number of nitrogens with zero attached hydrogens (tertiary/aromatic N) is 2. The van der Waals surface area contributed by atoms with E-state index in [1.54, 1.807) is 0 Å². The summed E-state index contributed by atoms with van der Waals surface area (Å²) in [6.07, 6.45) is -1.45. The number of amides is 1. The van der Waals surface area contributed by atoms with Crippen LogP contribution in [0.1, 0.15) is 0 Å². The van der Waals surface area contributed by atoms with E-state index in [9.17, 15) is 26.0 Å². The number of hydrogen-bond donors (Lipinski definition) is 2. The van der Waals surface area contributed by atoms with Crippen molar-refractivity contribution in [3.63, 3.8) is 0 Å². The van der Waals surface area contributed by atoms with Crippen LogP contribution in [0.15, 0.2) is 47.4 Å². The van der Waals surface area contributed by atoms with Gasteiger partial charge in [-0.15, -0.1) is 3.82 Å². The monoisotopic (exact) mass is 493 g/mol. The number of rotatable bonds is 6. The normalized spacial score (nSPS) is 16.5. The van der Waals surface area contributed by atoms with Gasteiger partial charge in [-0.05, 0) is 54.2 Å². The minimum absolute atomic E-state index is 0.0207. The molecule has 0 aromatic heterocycles. The number of fused-ring (bicyclic) bond motifs is 1. The maximum absolute atomic E-state index is 13.3. The third-order valence-corrected chi connectivity index (χ3v) is 7.80. The number of anilines is 2. The highest BCUT2D eigenvalue weighted by atomic mass is 35.5. The van der Waals surface area contributed by atoms with E-state index in [0.717, 1.165) is 34.8 Å². The molecule has 0 fully saturated rings. The Kier molecular flexibility index (Phi) is 6.32. The largest absolute Gasteiger partial charge is 0.485 e. The van der Waals surface area contributed by atoms with Crippen molar-refractivity contribution >= 4 is 49.3 Å². The third kappa shape index (κ3) is 5.18. The van der Waals surface area contributed by atoms with Crippen LogP contribution in [0.5, 0.6) is 5.75 Å². The van der Waals surface area contributed by atoms with Gasteiger partial charge < -0.3 is 9.84 Å². The highest BCUT2D eigenvalue weighted by Gasteiger charge is 2.36. The van der Waals surface area contributed by atoms with Gasteiger partial charge in [0.15, 0.2) is 0 Å². The Morgan fingerprint density at radius 2 is 1.90 bits per heavy atom. The first-order valence-electron chi connectivity index (χ1n) is 8.60. The minimum atomic E-state index is -4.24. The fourth-order valence-electron chi connectivity index (χ4n) is 2.87. The second-order valence-corrected chi connectivity index (χ2v) is 11.0. The van der Waals surface area contributed by atoms with Gasteiger partial charge in [-0.25, -0.2) is 26.0 Å². The minimum Gasteiger partial charge on any atom is -0.485 e. The van der Waals surface area contributed by atoms with E-state index in [1.165, 1.54) is 18.2 Å². The molecule has 0 radical (unpaired) electrons. The highest BCUT2D eigenvalue weighted by molar-refractivity contribution is 7.92. The van der Waals surface area contributed by atoms with Crippen LogP contribution in [0.3, 0.4) is 0 Å². The van der Waals surface area contributed by atoms with Crippen LogP contribution in [0.4, 0.5) is 20.6 Å². The van der Waals surface area contributed by atoms with Crippen molar-refractivity contribution in [2.45, 2.75) is 11.0 Å². The zero-order valence-electron chi connectivity index (χ0n) is 15.9. The van der Waals surface area contributed by atoms with E-state index >= 15 is 0 Å². The molecule has 0 saturated carbocycles. The summed E-state index contributed by atoms with van der Waals surface area (Å²) in [5, 5.41) is 11.1. The van der Waals surface area contributed by atoms with Crippen LogP contribution < -0.4 is 14.4 Å². The fourth-order valence-corrected chi connectivity index (χ4v) is 4.95. The maximum atomic E-state index is 13.3. The number of halogens is 2. The van der Waals surface area contributed by atoms with Gasteiger partial charge in [-0.1, -0.05) is 0 Å². The summed E-state index contributed by atoms with van der Waals surface area (Å²) in [6.45, 7) is -0.688. The van der Waals surface area contributed by atoms with Gasteiger partial charge in [0.25, 0.3) is 10.0 Å². The molecule has 168 valence electrons. The molecule has 10 nitrogen and oxygen atoms in total. The molecule has 1 aliphatic heterocycles. The first-order chi connectivity index (χ1) is 14.4. The predicted octanol–water partition coefficient (Wildman–Crippen LogP) is 2.29. The summed E-state index contributed by atoms with van der Waals surface area (Å²) < 4.78 is 70.2. The average molecular weight is 494 g/mol. The Hall–Kier alpha value is -2.61. The molecule has 0 saturated heterocycles. The van der Waals surface area contributed by atoms with Gasteiger partial charge >= 0.3 is 6.09 Å². The molecule has 1 amide bonds. The molecule has 0 bridgehead atoms. The van der Waals surface area contributed by atoms with Gasteiger partial charge in [0.2, 0.25) is 10.0 Å². The lowest BCUT2D eigenvalue weighted by Crippen LogP contribution is -2.47. The molecule has 0 aliphatic carbocycles. The Morgan fingerprint density at radius 3 is 2.48 bits per heavy atom. The molecule has 1 atom stereocenters. The number of hydrogen-bond acceptors (Lipinski definition) is 6. The number of carboxylic acid groups (broad SMARTS) is 1. The first-order valence-corrected chi connectivity index (χ1v) is 12.2. The quantitative estimate of drug-likeness (QED) is 0.590. The summed E-state index contributed by atoms with van der Waals surface area (Å²) in [5.41, 5.74) is 0.106. The maximum Gasteiger partial charge on any atom is 0.409 e. The Morgan fingerprint density at radius 1 is 1.26 bits per heavy atom. The van der Waals surface area contributed by atoms with Gasteiger partial charge in [0, 0.05) is 5.69 Å². The fraction of sp³-hybridized carbons (Fsp3) is 0.235. The lowest BCUT2D eigenvalue weighted by Gasteiger charge is -2.36. The van der Waals surface area contributed by atoms with Crippen LogP contribution in [-0.4, -0.2) is 57.3 Å². The van der Waals surface area contributed by atoms with E-state index in [-0.39, 0.29) is 35.1 Å². The molecule has 14 heteroatoms. The molecule has 0 spiro atoms. The predicted molar refractivity (Wildman–Crippen MR) is 111 cm³/mol. The number of benzene rings is 2. The molecule has 1 unspecified atom stereocenters. The Bertz CT molecular complexity index is 1210. The van der Waals surface area contributed by atoms with E-state index < -0.39 is 38.1 Å². The van der Waals surface area contributed by atoms with Crippen molar-refractivity contribution in [1.29, 1.82) is 0 Å². The molecule has 3 rings (SSSR count). The number of sulfonamides is 2. The SMILES string of the molecule is CS(=O)(=O)N(Cl)CC1CN(S(=O)(=O)c2ccc(F)cc2)c2cc(NC(=O)O)ccc2O1. The Labute approximate surface area is 183 Å². The van der Waals surface area contributed by atoms with Crippen LogP contribution >= 0.6 is 11.8 Å².